The summed E-state index contributed by atoms with van der Waals surface area (Å²) in [5.41, 5.74) is 2.06. The van der Waals surface area contributed by atoms with Gasteiger partial charge in [-0.25, -0.2) is 9.59 Å². The molecule has 2 aliphatic rings. The van der Waals surface area contributed by atoms with Crippen molar-refractivity contribution >= 4 is 46.5 Å². The first-order chi connectivity index (χ1) is 20.4. The van der Waals surface area contributed by atoms with E-state index in [-0.39, 0.29) is 25.7 Å². The number of allylic oxidation sites excluding steroid dienone is 1. The molecule has 2 atom stereocenters. The van der Waals surface area contributed by atoms with Crippen LogP contribution in [0.2, 0.25) is 0 Å². The Bertz CT molecular complexity index is 1590. The predicted octanol–water partition coefficient (Wildman–Crippen LogP) is 5.17. The van der Waals surface area contributed by atoms with E-state index < -0.39 is 23.5 Å². The summed E-state index contributed by atoms with van der Waals surface area (Å²) in [6, 6.07) is 18.4. The van der Waals surface area contributed by atoms with Gasteiger partial charge in [-0.3, -0.25) is 9.69 Å². The van der Waals surface area contributed by atoms with Crippen LogP contribution in [0.15, 0.2) is 76.8 Å². The number of carbonyl (C=O) groups excluding carboxylic acids is 3. The summed E-state index contributed by atoms with van der Waals surface area (Å²) in [6.45, 7) is 5.41. The Balaban J connectivity index is 1.54. The third-order valence-corrected chi connectivity index (χ3v) is 8.11. The highest BCUT2D eigenvalue weighted by atomic mass is 32.2. The van der Waals surface area contributed by atoms with Crippen molar-refractivity contribution in [2.75, 3.05) is 26.9 Å². The number of thioether (sulfide) groups is 1. The van der Waals surface area contributed by atoms with Gasteiger partial charge in [0.25, 0.3) is 5.91 Å². The fourth-order valence-electron chi connectivity index (χ4n) is 5.15. The number of fused-ring (bicyclic) bond motifs is 2. The minimum Gasteiger partial charge on any atom is -0.493 e. The summed E-state index contributed by atoms with van der Waals surface area (Å²) in [4.78, 5) is 41.4. The van der Waals surface area contributed by atoms with Gasteiger partial charge in [-0.15, -0.1) is 0 Å². The monoisotopic (exact) mass is 588 g/mol. The molecule has 218 valence electrons. The summed E-state index contributed by atoms with van der Waals surface area (Å²) in [5, 5.41) is 5.45. The molecule has 0 spiro atoms. The number of nitrogens with zero attached hydrogens (tertiary/aromatic N) is 1. The SMILES string of the molecule is CCOC(=O)COc1ccc(C2C(C(=O)OCC)=C(C)NC3S/C(=C\c4cccc5ccccc45)C(=O)N32)cc1OC. The average Bonchev–Trinajstić information content (AvgIpc) is 3.29. The number of methoxy groups -OCH3 is 1. The molecule has 9 nitrogen and oxygen atoms in total. The lowest BCUT2D eigenvalue weighted by Gasteiger charge is -2.39. The normalized spacial score (nSPS) is 19.0. The minimum atomic E-state index is -0.762. The van der Waals surface area contributed by atoms with E-state index in [1.54, 1.807) is 36.9 Å². The van der Waals surface area contributed by atoms with E-state index in [1.807, 2.05) is 55.5 Å². The standard InChI is InChI=1S/C32H32N2O7S/c1-5-39-27(35)18-41-24-15-14-22(16-25(24)38-4)29-28(31(37)40-6-2)19(3)33-32-34(29)30(36)26(42-32)17-21-12-9-11-20-10-7-8-13-23(20)21/h7-17,29,32-33H,5-6,18H2,1-4H3/b26-17-. The highest BCUT2D eigenvalue weighted by molar-refractivity contribution is 8.05. The summed E-state index contributed by atoms with van der Waals surface area (Å²) in [7, 11) is 1.48. The van der Waals surface area contributed by atoms with E-state index in [2.05, 4.69) is 5.32 Å². The van der Waals surface area contributed by atoms with Crippen LogP contribution in [0, 0.1) is 0 Å². The summed E-state index contributed by atoms with van der Waals surface area (Å²) in [5.74, 6) is -0.559. The fraction of sp³-hybridized carbons (Fsp3) is 0.281. The molecule has 42 heavy (non-hydrogen) atoms. The Hall–Kier alpha value is -4.44. The van der Waals surface area contributed by atoms with Crippen molar-refractivity contribution in [2.45, 2.75) is 32.3 Å². The van der Waals surface area contributed by atoms with Crippen LogP contribution in [-0.2, 0) is 23.9 Å². The van der Waals surface area contributed by atoms with Gasteiger partial charge >= 0.3 is 11.9 Å². The molecule has 2 unspecified atom stereocenters. The van der Waals surface area contributed by atoms with Crippen LogP contribution >= 0.6 is 11.8 Å². The van der Waals surface area contributed by atoms with Gasteiger partial charge in [0, 0.05) is 5.70 Å². The van der Waals surface area contributed by atoms with E-state index in [4.69, 9.17) is 18.9 Å². The number of hydrogen-bond donors (Lipinski definition) is 1. The van der Waals surface area contributed by atoms with Gasteiger partial charge < -0.3 is 24.3 Å². The van der Waals surface area contributed by atoms with Crippen LogP contribution < -0.4 is 14.8 Å². The second-order valence-corrected chi connectivity index (χ2v) is 10.7. The molecule has 0 aliphatic carbocycles. The Morgan fingerprint density at radius 1 is 1.00 bits per heavy atom. The van der Waals surface area contributed by atoms with Gasteiger partial charge in [0.15, 0.2) is 23.6 Å². The lowest BCUT2D eigenvalue weighted by Crippen LogP contribution is -2.50. The first-order valence-electron chi connectivity index (χ1n) is 13.7. The lowest BCUT2D eigenvalue weighted by molar-refractivity contribution is -0.145. The summed E-state index contributed by atoms with van der Waals surface area (Å²) >= 11 is 1.40. The molecule has 0 radical (unpaired) electrons. The Labute approximate surface area is 248 Å². The van der Waals surface area contributed by atoms with Gasteiger partial charge in [-0.05, 0) is 60.9 Å². The topological polar surface area (TPSA) is 103 Å². The molecule has 5 rings (SSSR count). The molecular formula is C32H32N2O7S. The van der Waals surface area contributed by atoms with E-state index in [1.165, 1.54) is 18.9 Å². The van der Waals surface area contributed by atoms with Gasteiger partial charge in [0.1, 0.15) is 0 Å². The molecule has 3 aromatic carbocycles. The zero-order chi connectivity index (χ0) is 29.8. The van der Waals surface area contributed by atoms with Crippen LogP contribution in [0.25, 0.3) is 16.8 Å². The zero-order valence-corrected chi connectivity index (χ0v) is 24.7. The van der Waals surface area contributed by atoms with Crippen molar-refractivity contribution in [1.82, 2.24) is 10.2 Å². The van der Waals surface area contributed by atoms with E-state index in [9.17, 15) is 14.4 Å². The summed E-state index contributed by atoms with van der Waals surface area (Å²) in [6.07, 6.45) is 1.90. The first kappa shape index (κ1) is 29.1. The molecule has 0 bridgehead atoms. The van der Waals surface area contributed by atoms with Crippen molar-refractivity contribution in [3.8, 4) is 11.5 Å². The average molecular weight is 589 g/mol. The molecule has 1 amide bonds. The number of carbonyl (C=O) groups is 3. The van der Waals surface area contributed by atoms with Gasteiger partial charge in [-0.1, -0.05) is 60.3 Å². The molecular weight excluding hydrogens is 556 g/mol. The van der Waals surface area contributed by atoms with Crippen molar-refractivity contribution in [3.05, 3.63) is 88.0 Å². The van der Waals surface area contributed by atoms with E-state index in [0.29, 0.717) is 33.2 Å². The number of ether oxygens (including phenoxy) is 4. The van der Waals surface area contributed by atoms with Crippen molar-refractivity contribution in [2.24, 2.45) is 0 Å². The van der Waals surface area contributed by atoms with Crippen LogP contribution in [-0.4, -0.2) is 55.2 Å². The van der Waals surface area contributed by atoms with Gasteiger partial charge in [-0.2, -0.15) is 0 Å². The van der Waals surface area contributed by atoms with E-state index >= 15 is 0 Å². The van der Waals surface area contributed by atoms with Crippen molar-refractivity contribution < 1.29 is 33.3 Å². The Morgan fingerprint density at radius 3 is 2.52 bits per heavy atom. The van der Waals surface area contributed by atoms with Gasteiger partial charge in [0.05, 0.1) is 36.8 Å². The maximum atomic E-state index is 14.1. The smallest absolute Gasteiger partial charge is 0.344 e. The third kappa shape index (κ3) is 5.67. The highest BCUT2D eigenvalue weighted by Crippen LogP contribution is 2.47. The Kier molecular flexibility index (Phi) is 8.72. The Morgan fingerprint density at radius 2 is 1.76 bits per heavy atom. The van der Waals surface area contributed by atoms with Gasteiger partial charge in [0.2, 0.25) is 0 Å². The zero-order valence-electron chi connectivity index (χ0n) is 23.8. The number of amides is 1. The fourth-order valence-corrected chi connectivity index (χ4v) is 6.36. The van der Waals surface area contributed by atoms with Crippen LogP contribution in [0.4, 0.5) is 0 Å². The second-order valence-electron chi connectivity index (χ2n) is 9.57. The lowest BCUT2D eigenvalue weighted by atomic mass is 9.93. The molecule has 1 fully saturated rings. The van der Waals surface area contributed by atoms with Crippen molar-refractivity contribution in [1.29, 1.82) is 0 Å². The second kappa shape index (κ2) is 12.6. The molecule has 2 heterocycles. The number of esters is 2. The van der Waals surface area contributed by atoms with Crippen molar-refractivity contribution in [3.63, 3.8) is 0 Å². The first-order valence-corrected chi connectivity index (χ1v) is 14.5. The number of rotatable bonds is 9. The minimum absolute atomic E-state index is 0.185. The molecule has 10 heteroatoms. The number of benzene rings is 3. The predicted molar refractivity (Wildman–Crippen MR) is 160 cm³/mol. The molecule has 1 saturated heterocycles. The largest absolute Gasteiger partial charge is 0.493 e. The maximum Gasteiger partial charge on any atom is 0.344 e. The molecule has 1 N–H and O–H groups in total. The number of hydrogen-bond acceptors (Lipinski definition) is 9. The molecule has 0 aromatic heterocycles. The highest BCUT2D eigenvalue weighted by Gasteiger charge is 2.48. The molecule has 0 saturated carbocycles. The molecule has 2 aliphatic heterocycles. The summed E-state index contributed by atoms with van der Waals surface area (Å²) < 4.78 is 21.6. The maximum absolute atomic E-state index is 14.1. The van der Waals surface area contributed by atoms with Crippen LogP contribution in [0.5, 0.6) is 11.5 Å². The van der Waals surface area contributed by atoms with Crippen LogP contribution in [0.3, 0.4) is 0 Å². The molecule has 3 aromatic rings. The van der Waals surface area contributed by atoms with E-state index in [0.717, 1.165) is 16.3 Å². The third-order valence-electron chi connectivity index (χ3n) is 6.99. The number of nitrogens with one attached hydrogen (secondary N) is 1. The quantitative estimate of drug-likeness (QED) is 0.268. The van der Waals surface area contributed by atoms with Crippen LogP contribution in [0.1, 0.15) is 37.9 Å².